The van der Waals surface area contributed by atoms with Crippen molar-refractivity contribution in [3.8, 4) is 11.6 Å². The fraction of sp³-hybridized carbons (Fsp3) is 0.136. The van der Waals surface area contributed by atoms with Gasteiger partial charge in [0.15, 0.2) is 0 Å². The van der Waals surface area contributed by atoms with E-state index in [0.29, 0.717) is 12.4 Å². The molecule has 28 heavy (non-hydrogen) atoms. The van der Waals surface area contributed by atoms with E-state index in [1.54, 1.807) is 12.5 Å². The Balaban J connectivity index is 1.41. The number of amides is 1. The first-order valence-corrected chi connectivity index (χ1v) is 9.08. The number of ether oxygens (including phenoxy) is 1. The van der Waals surface area contributed by atoms with Crippen LogP contribution in [0.25, 0.3) is 11.0 Å². The summed E-state index contributed by atoms with van der Waals surface area (Å²) in [6.07, 6.45) is 3.37. The Hall–Kier alpha value is -3.67. The van der Waals surface area contributed by atoms with Crippen molar-refractivity contribution in [3.05, 3.63) is 84.8 Å². The molecule has 1 atom stereocenters. The second kappa shape index (κ2) is 7.92. The predicted molar refractivity (Wildman–Crippen MR) is 107 cm³/mol. The fourth-order valence-electron chi connectivity index (χ4n) is 2.98. The van der Waals surface area contributed by atoms with Gasteiger partial charge in [-0.05, 0) is 42.8 Å². The number of pyridine rings is 1. The Labute approximate surface area is 162 Å². The van der Waals surface area contributed by atoms with Crippen molar-refractivity contribution < 1.29 is 9.53 Å². The molecule has 0 fully saturated rings. The van der Waals surface area contributed by atoms with Crippen molar-refractivity contribution in [3.63, 3.8) is 0 Å². The number of benzene rings is 2. The molecule has 0 saturated heterocycles. The molecule has 140 valence electrons. The number of para-hydroxylation sites is 3. The van der Waals surface area contributed by atoms with E-state index in [0.717, 1.165) is 22.3 Å². The zero-order chi connectivity index (χ0) is 19.3. The third kappa shape index (κ3) is 3.86. The maximum Gasteiger partial charge on any atom is 0.243 e. The maximum absolute atomic E-state index is 12.6. The highest BCUT2D eigenvalue weighted by molar-refractivity contribution is 5.83. The van der Waals surface area contributed by atoms with Crippen molar-refractivity contribution >= 4 is 16.9 Å². The first-order valence-electron chi connectivity index (χ1n) is 9.08. The SMILES string of the molecule is C[C@@H](C(=O)NCc1ccnc(Oc2ccccc2)c1)n1cnc2ccccc21. The molecule has 4 rings (SSSR count). The van der Waals surface area contributed by atoms with Crippen LogP contribution in [-0.2, 0) is 11.3 Å². The molecule has 0 saturated carbocycles. The highest BCUT2D eigenvalue weighted by Gasteiger charge is 2.16. The molecule has 2 aromatic carbocycles. The van der Waals surface area contributed by atoms with Crippen molar-refractivity contribution in [1.82, 2.24) is 19.9 Å². The number of nitrogens with zero attached hydrogens (tertiary/aromatic N) is 3. The molecule has 0 spiro atoms. The molecule has 0 aliphatic carbocycles. The van der Waals surface area contributed by atoms with Crippen LogP contribution < -0.4 is 10.1 Å². The zero-order valence-electron chi connectivity index (χ0n) is 15.4. The first-order chi connectivity index (χ1) is 13.7. The van der Waals surface area contributed by atoms with Crippen molar-refractivity contribution in [2.45, 2.75) is 19.5 Å². The van der Waals surface area contributed by atoms with Crippen molar-refractivity contribution in [2.75, 3.05) is 0 Å². The van der Waals surface area contributed by atoms with Gasteiger partial charge in [0.1, 0.15) is 11.8 Å². The van der Waals surface area contributed by atoms with Gasteiger partial charge in [0, 0.05) is 18.8 Å². The summed E-state index contributed by atoms with van der Waals surface area (Å²) in [5, 5.41) is 2.97. The summed E-state index contributed by atoms with van der Waals surface area (Å²) in [5.41, 5.74) is 2.73. The van der Waals surface area contributed by atoms with Gasteiger partial charge in [-0.2, -0.15) is 0 Å². The molecule has 0 aliphatic rings. The quantitative estimate of drug-likeness (QED) is 0.553. The van der Waals surface area contributed by atoms with Crippen LogP contribution in [-0.4, -0.2) is 20.4 Å². The fourth-order valence-corrected chi connectivity index (χ4v) is 2.98. The molecule has 0 bridgehead atoms. The molecule has 1 N–H and O–H groups in total. The normalized spacial score (nSPS) is 11.9. The number of hydrogen-bond donors (Lipinski definition) is 1. The van der Waals surface area contributed by atoms with Crippen LogP contribution >= 0.6 is 0 Å². The molecular formula is C22H20N4O2. The Morgan fingerprint density at radius 2 is 1.86 bits per heavy atom. The van der Waals surface area contributed by atoms with E-state index < -0.39 is 0 Å². The van der Waals surface area contributed by atoms with E-state index in [-0.39, 0.29) is 11.9 Å². The van der Waals surface area contributed by atoms with Crippen molar-refractivity contribution in [2.24, 2.45) is 0 Å². The third-order valence-electron chi connectivity index (χ3n) is 4.51. The maximum atomic E-state index is 12.6. The summed E-state index contributed by atoms with van der Waals surface area (Å²) in [6.45, 7) is 2.25. The summed E-state index contributed by atoms with van der Waals surface area (Å²) in [7, 11) is 0. The summed E-state index contributed by atoms with van der Waals surface area (Å²) < 4.78 is 7.62. The van der Waals surface area contributed by atoms with Gasteiger partial charge in [0.25, 0.3) is 0 Å². The number of carbonyl (C=O) groups is 1. The molecule has 2 heterocycles. The predicted octanol–water partition coefficient (Wildman–Crippen LogP) is 4.10. The number of fused-ring (bicyclic) bond motifs is 1. The van der Waals surface area contributed by atoms with E-state index in [1.165, 1.54) is 0 Å². The lowest BCUT2D eigenvalue weighted by Gasteiger charge is -2.15. The van der Waals surface area contributed by atoms with Gasteiger partial charge >= 0.3 is 0 Å². The van der Waals surface area contributed by atoms with E-state index in [9.17, 15) is 4.79 Å². The highest BCUT2D eigenvalue weighted by atomic mass is 16.5. The van der Waals surface area contributed by atoms with E-state index in [2.05, 4.69) is 15.3 Å². The standard InChI is InChI=1S/C22H20N4O2/c1-16(26-15-25-19-9-5-6-10-20(19)26)22(27)24-14-17-11-12-23-21(13-17)28-18-7-3-2-4-8-18/h2-13,15-16H,14H2,1H3,(H,24,27)/t16-/m0/s1. The molecule has 6 heteroatoms. The number of rotatable bonds is 6. The minimum Gasteiger partial charge on any atom is -0.439 e. The van der Waals surface area contributed by atoms with Gasteiger partial charge < -0.3 is 14.6 Å². The molecule has 4 aromatic rings. The lowest BCUT2D eigenvalue weighted by atomic mass is 10.2. The molecular weight excluding hydrogens is 352 g/mol. The van der Waals surface area contributed by atoms with Crippen LogP contribution in [0.2, 0.25) is 0 Å². The Kier molecular flexibility index (Phi) is 5.01. The van der Waals surface area contributed by atoms with E-state index >= 15 is 0 Å². The highest BCUT2D eigenvalue weighted by Crippen LogP contribution is 2.20. The van der Waals surface area contributed by atoms with Crippen LogP contribution in [0.5, 0.6) is 11.6 Å². The third-order valence-corrected chi connectivity index (χ3v) is 4.51. The van der Waals surface area contributed by atoms with Gasteiger partial charge in [-0.1, -0.05) is 30.3 Å². The van der Waals surface area contributed by atoms with Crippen LogP contribution in [0.3, 0.4) is 0 Å². The lowest BCUT2D eigenvalue weighted by molar-refractivity contribution is -0.123. The minimum absolute atomic E-state index is 0.0782. The van der Waals surface area contributed by atoms with Crippen molar-refractivity contribution in [1.29, 1.82) is 0 Å². The second-order valence-corrected chi connectivity index (χ2v) is 6.45. The van der Waals surface area contributed by atoms with Crippen LogP contribution in [0.4, 0.5) is 0 Å². The Morgan fingerprint density at radius 3 is 2.71 bits per heavy atom. The van der Waals surface area contributed by atoms with E-state index in [1.807, 2.05) is 78.2 Å². The zero-order valence-corrected chi connectivity index (χ0v) is 15.4. The smallest absolute Gasteiger partial charge is 0.243 e. The molecule has 1 amide bonds. The topological polar surface area (TPSA) is 69.0 Å². The number of imidazole rings is 1. The average Bonchev–Trinajstić information content (AvgIpc) is 3.16. The lowest BCUT2D eigenvalue weighted by Crippen LogP contribution is -2.30. The van der Waals surface area contributed by atoms with Gasteiger partial charge in [0.2, 0.25) is 11.8 Å². The summed E-state index contributed by atoms with van der Waals surface area (Å²) in [6, 6.07) is 20.6. The number of nitrogens with one attached hydrogen (secondary N) is 1. The summed E-state index contributed by atoms with van der Waals surface area (Å²) in [4.78, 5) is 21.2. The van der Waals surface area contributed by atoms with Crippen LogP contribution in [0.1, 0.15) is 18.5 Å². The molecule has 0 unspecified atom stereocenters. The van der Waals surface area contributed by atoms with Crippen LogP contribution in [0, 0.1) is 0 Å². The Morgan fingerprint density at radius 1 is 1.07 bits per heavy atom. The van der Waals surface area contributed by atoms with Gasteiger partial charge in [-0.25, -0.2) is 9.97 Å². The molecule has 2 aromatic heterocycles. The number of carbonyl (C=O) groups excluding carboxylic acids is 1. The molecule has 0 aliphatic heterocycles. The van der Waals surface area contributed by atoms with Gasteiger partial charge in [-0.15, -0.1) is 0 Å². The van der Waals surface area contributed by atoms with Gasteiger partial charge in [-0.3, -0.25) is 4.79 Å². The monoisotopic (exact) mass is 372 g/mol. The number of aromatic nitrogens is 3. The summed E-state index contributed by atoms with van der Waals surface area (Å²) >= 11 is 0. The largest absolute Gasteiger partial charge is 0.439 e. The van der Waals surface area contributed by atoms with E-state index in [4.69, 9.17) is 4.74 Å². The second-order valence-electron chi connectivity index (χ2n) is 6.45. The van der Waals surface area contributed by atoms with Gasteiger partial charge in [0.05, 0.1) is 17.4 Å². The first kappa shape index (κ1) is 17.7. The van der Waals surface area contributed by atoms with Crippen LogP contribution in [0.15, 0.2) is 79.3 Å². The molecule has 6 nitrogen and oxygen atoms in total. The number of hydrogen-bond acceptors (Lipinski definition) is 4. The summed E-state index contributed by atoms with van der Waals surface area (Å²) in [5.74, 6) is 1.13. The molecule has 0 radical (unpaired) electrons. The minimum atomic E-state index is -0.366. The average molecular weight is 372 g/mol. The Bertz CT molecular complexity index is 1090.